The van der Waals surface area contributed by atoms with Gasteiger partial charge in [-0.1, -0.05) is 18.2 Å². The second-order valence-corrected chi connectivity index (χ2v) is 16.4. The summed E-state index contributed by atoms with van der Waals surface area (Å²) in [6.45, 7) is 5.66. The third-order valence-corrected chi connectivity index (χ3v) is 12.1. The van der Waals surface area contributed by atoms with E-state index in [1.807, 2.05) is 29.0 Å². The summed E-state index contributed by atoms with van der Waals surface area (Å²) in [7, 11) is 0. The van der Waals surface area contributed by atoms with E-state index < -0.39 is 48.8 Å². The van der Waals surface area contributed by atoms with Gasteiger partial charge < -0.3 is 18.9 Å². The number of likely N-dealkylation sites (tertiary alicyclic amines) is 1. The molecule has 4 aliphatic heterocycles. The van der Waals surface area contributed by atoms with Crippen LogP contribution in [0, 0.1) is 5.92 Å². The highest BCUT2D eigenvalue weighted by atomic mass is 19.4. The van der Waals surface area contributed by atoms with Crippen LogP contribution in [0.4, 0.5) is 32.0 Å². The Kier molecular flexibility index (Phi) is 12.4. The number of halogens is 6. The van der Waals surface area contributed by atoms with Crippen LogP contribution in [0.1, 0.15) is 58.4 Å². The molecule has 1 unspecified atom stereocenters. The first-order chi connectivity index (χ1) is 29.6. The van der Waals surface area contributed by atoms with Gasteiger partial charge in [0.2, 0.25) is 11.8 Å². The van der Waals surface area contributed by atoms with E-state index in [-0.39, 0.29) is 36.3 Å². The molecule has 62 heavy (non-hydrogen) atoms. The van der Waals surface area contributed by atoms with Gasteiger partial charge in [0.1, 0.15) is 18.4 Å². The van der Waals surface area contributed by atoms with E-state index >= 15 is 0 Å². The van der Waals surface area contributed by atoms with Crippen molar-refractivity contribution in [3.05, 3.63) is 83.6 Å². The van der Waals surface area contributed by atoms with E-state index in [1.54, 1.807) is 24.3 Å². The number of alkyl halides is 6. The topological polar surface area (TPSA) is 117 Å². The van der Waals surface area contributed by atoms with Crippen LogP contribution in [0.3, 0.4) is 0 Å². The number of benzene rings is 3. The molecule has 3 fully saturated rings. The van der Waals surface area contributed by atoms with Crippen molar-refractivity contribution < 1.29 is 55.0 Å². The number of nitrogens with one attached hydrogen (secondary N) is 1. The van der Waals surface area contributed by atoms with Crippen LogP contribution in [0.25, 0.3) is 22.0 Å². The standard InChI is InChI=1S/C44H46F6N6O6/c45-43(46,47)27-61-21-1-14-55-26-36(30-3-6-32(7-4-30)62-44(48,49)50)34-22-29(2-9-37(34)55)25-52-15-12-28(13-16-52)24-53-17-19-54(20-18-53)31-5-8-33-35(23-31)42(60)56(41(33)59)38-10-11-39(57)51-40(38)58/h2-9,22-23,26,28,38H,1,10-21,24-25,27H2,(H,51,57,58). The molecule has 8 rings (SSSR count). The van der Waals surface area contributed by atoms with Crippen LogP contribution < -0.4 is 15.0 Å². The Morgan fingerprint density at radius 2 is 1.47 bits per heavy atom. The molecule has 330 valence electrons. The zero-order chi connectivity index (χ0) is 43.8. The number of carbonyl (C=O) groups is 4. The summed E-state index contributed by atoms with van der Waals surface area (Å²) < 4.78 is 87.0. The normalized spacial score (nSPS) is 19.7. The largest absolute Gasteiger partial charge is 0.573 e. The lowest BCUT2D eigenvalue weighted by molar-refractivity contribution is -0.274. The van der Waals surface area contributed by atoms with Crippen molar-refractivity contribution in [1.29, 1.82) is 0 Å². The minimum absolute atomic E-state index is 0.0628. The molecule has 0 saturated carbocycles. The molecule has 5 heterocycles. The number of amides is 4. The first-order valence-electron chi connectivity index (χ1n) is 20.8. The third-order valence-electron chi connectivity index (χ3n) is 12.1. The maximum absolute atomic E-state index is 13.4. The quantitative estimate of drug-likeness (QED) is 0.0901. The van der Waals surface area contributed by atoms with Crippen LogP contribution in [0.5, 0.6) is 5.75 Å². The van der Waals surface area contributed by atoms with Gasteiger partial charge in [-0.15, -0.1) is 13.2 Å². The number of aryl methyl sites for hydroxylation is 1. The Labute approximate surface area is 353 Å². The first-order valence-corrected chi connectivity index (χ1v) is 20.8. The number of ether oxygens (including phenoxy) is 2. The van der Waals surface area contributed by atoms with E-state index in [2.05, 4.69) is 30.8 Å². The third kappa shape index (κ3) is 9.92. The number of piperidine rings is 2. The minimum Gasteiger partial charge on any atom is -0.406 e. The van der Waals surface area contributed by atoms with Crippen molar-refractivity contribution in [3.8, 4) is 16.9 Å². The second-order valence-electron chi connectivity index (χ2n) is 16.4. The summed E-state index contributed by atoms with van der Waals surface area (Å²) in [5.74, 6) is -1.92. The molecule has 0 radical (unpaired) electrons. The van der Waals surface area contributed by atoms with Crippen LogP contribution in [-0.2, 0) is 27.4 Å². The van der Waals surface area contributed by atoms with E-state index in [0.717, 1.165) is 91.3 Å². The SMILES string of the molecule is O=C1CCC(N2C(=O)c3ccc(N4CCN(CC5CCN(Cc6ccc7c(c6)c(-c6ccc(OC(F)(F)F)cc6)cn7CCCOCC(F)(F)F)CC5)CC4)cc3C2=O)C(=O)N1. The number of hydrogen-bond donors (Lipinski definition) is 1. The van der Waals surface area contributed by atoms with Crippen molar-refractivity contribution in [2.24, 2.45) is 5.92 Å². The molecule has 3 aromatic carbocycles. The number of anilines is 1. The highest BCUT2D eigenvalue weighted by molar-refractivity contribution is 6.23. The number of nitrogens with zero attached hydrogens (tertiary/aromatic N) is 5. The fourth-order valence-corrected chi connectivity index (χ4v) is 9.01. The average molecular weight is 869 g/mol. The predicted molar refractivity (Wildman–Crippen MR) is 215 cm³/mol. The lowest BCUT2D eigenvalue weighted by atomic mass is 9.95. The number of fused-ring (bicyclic) bond motifs is 2. The van der Waals surface area contributed by atoms with Gasteiger partial charge in [-0.2, -0.15) is 13.2 Å². The Morgan fingerprint density at radius 1 is 0.742 bits per heavy atom. The Hall–Kier alpha value is -5.46. The van der Waals surface area contributed by atoms with Crippen molar-refractivity contribution in [2.45, 2.75) is 63.8 Å². The maximum atomic E-state index is 13.4. The minimum atomic E-state index is -4.82. The van der Waals surface area contributed by atoms with Crippen LogP contribution in [0.2, 0.25) is 0 Å². The smallest absolute Gasteiger partial charge is 0.406 e. The lowest BCUT2D eigenvalue weighted by Crippen LogP contribution is -2.54. The zero-order valence-electron chi connectivity index (χ0n) is 33.8. The summed E-state index contributed by atoms with van der Waals surface area (Å²) in [6.07, 6.45) is -4.81. The predicted octanol–water partition coefficient (Wildman–Crippen LogP) is 6.61. The van der Waals surface area contributed by atoms with Crippen molar-refractivity contribution in [3.63, 3.8) is 0 Å². The molecule has 3 saturated heterocycles. The molecule has 1 atom stereocenters. The number of carbonyl (C=O) groups excluding carboxylic acids is 4. The molecule has 4 amide bonds. The maximum Gasteiger partial charge on any atom is 0.573 e. The monoisotopic (exact) mass is 868 g/mol. The molecule has 18 heteroatoms. The van der Waals surface area contributed by atoms with E-state index in [1.165, 1.54) is 12.1 Å². The van der Waals surface area contributed by atoms with Gasteiger partial charge in [0.05, 0.1) is 11.1 Å². The van der Waals surface area contributed by atoms with Gasteiger partial charge >= 0.3 is 12.5 Å². The molecule has 4 aliphatic rings. The number of aromatic nitrogens is 1. The summed E-state index contributed by atoms with van der Waals surface area (Å²) >= 11 is 0. The van der Waals surface area contributed by atoms with Gasteiger partial charge in [0.15, 0.2) is 0 Å². The van der Waals surface area contributed by atoms with E-state index in [9.17, 15) is 45.5 Å². The van der Waals surface area contributed by atoms with Crippen molar-refractivity contribution in [1.82, 2.24) is 24.6 Å². The Balaban J connectivity index is 0.848. The van der Waals surface area contributed by atoms with Gasteiger partial charge in [-0.05, 0) is 98.3 Å². The summed E-state index contributed by atoms with van der Waals surface area (Å²) in [6, 6.07) is 15.9. The number of piperazine rings is 1. The fraction of sp³-hybridized carbons (Fsp3) is 0.455. The molecule has 1 N–H and O–H groups in total. The first kappa shape index (κ1) is 43.2. The molecular weight excluding hydrogens is 823 g/mol. The summed E-state index contributed by atoms with van der Waals surface area (Å²) in [5, 5.41) is 3.10. The number of hydrogen-bond acceptors (Lipinski definition) is 9. The summed E-state index contributed by atoms with van der Waals surface area (Å²) in [5.41, 5.74) is 4.75. The van der Waals surface area contributed by atoms with E-state index in [4.69, 9.17) is 4.74 Å². The Bertz CT molecular complexity index is 2320. The molecule has 0 spiro atoms. The second kappa shape index (κ2) is 17.7. The Morgan fingerprint density at radius 3 is 2.16 bits per heavy atom. The van der Waals surface area contributed by atoms with Gasteiger partial charge in [-0.3, -0.25) is 39.2 Å². The number of imide groups is 2. The fourth-order valence-electron chi connectivity index (χ4n) is 9.01. The summed E-state index contributed by atoms with van der Waals surface area (Å²) in [4.78, 5) is 58.6. The highest BCUT2D eigenvalue weighted by Crippen LogP contribution is 2.35. The average Bonchev–Trinajstić information content (AvgIpc) is 3.70. The van der Waals surface area contributed by atoms with Crippen molar-refractivity contribution >= 4 is 40.2 Å². The van der Waals surface area contributed by atoms with Crippen LogP contribution >= 0.6 is 0 Å². The molecule has 1 aromatic heterocycles. The van der Waals surface area contributed by atoms with Gasteiger partial charge in [0, 0.05) is 87.2 Å². The van der Waals surface area contributed by atoms with Gasteiger partial charge in [-0.25, -0.2) is 0 Å². The van der Waals surface area contributed by atoms with E-state index in [0.29, 0.717) is 31.0 Å². The molecule has 0 aliphatic carbocycles. The van der Waals surface area contributed by atoms with Crippen LogP contribution in [0.15, 0.2) is 66.9 Å². The lowest BCUT2D eigenvalue weighted by Gasteiger charge is -2.39. The number of rotatable bonds is 13. The molecule has 12 nitrogen and oxygen atoms in total. The molecule has 0 bridgehead atoms. The zero-order valence-corrected chi connectivity index (χ0v) is 33.8. The van der Waals surface area contributed by atoms with Gasteiger partial charge in [0.25, 0.3) is 11.8 Å². The van der Waals surface area contributed by atoms with Crippen LogP contribution in [-0.4, -0.2) is 121 Å². The molecule has 4 aromatic rings. The van der Waals surface area contributed by atoms with Crippen molar-refractivity contribution in [2.75, 3.05) is 63.9 Å². The highest BCUT2D eigenvalue weighted by Gasteiger charge is 2.45. The molecular formula is C44H46F6N6O6.